The van der Waals surface area contributed by atoms with Gasteiger partial charge in [0.25, 0.3) is 0 Å². The molecule has 0 spiro atoms. The van der Waals surface area contributed by atoms with Gasteiger partial charge in [0.1, 0.15) is 22.3 Å². The van der Waals surface area contributed by atoms with Gasteiger partial charge in [-0.3, -0.25) is 0 Å². The second-order valence-electron chi connectivity index (χ2n) is 12.5. The van der Waals surface area contributed by atoms with E-state index in [2.05, 4.69) is 115 Å². The van der Waals surface area contributed by atoms with Gasteiger partial charge in [0.2, 0.25) is 0 Å². The zero-order valence-corrected chi connectivity index (χ0v) is 26.9. The van der Waals surface area contributed by atoms with Crippen LogP contribution in [0.25, 0.3) is 100 Å². The summed E-state index contributed by atoms with van der Waals surface area (Å²) in [5, 5.41) is 4.32. The highest BCUT2D eigenvalue weighted by Gasteiger charge is 2.20. The van der Waals surface area contributed by atoms with Gasteiger partial charge >= 0.3 is 0 Å². The number of hydrogen-bond acceptors (Lipinski definition) is 4. The molecule has 0 aliphatic heterocycles. The second kappa shape index (κ2) is 11.4. The van der Waals surface area contributed by atoms with Crippen LogP contribution in [-0.2, 0) is 0 Å². The number of aromatic nitrogens is 2. The molecule has 0 N–H and O–H groups in total. The molecule has 10 rings (SSSR count). The van der Waals surface area contributed by atoms with E-state index in [1.54, 1.807) is 0 Å². The van der Waals surface area contributed by atoms with E-state index in [4.69, 9.17) is 18.8 Å². The summed E-state index contributed by atoms with van der Waals surface area (Å²) in [5.74, 6) is 0.661. The van der Waals surface area contributed by atoms with Gasteiger partial charge in [0.15, 0.2) is 5.82 Å². The molecule has 3 heterocycles. The summed E-state index contributed by atoms with van der Waals surface area (Å²) < 4.78 is 13.0. The molecule has 0 amide bonds. The van der Waals surface area contributed by atoms with Crippen LogP contribution in [-0.4, -0.2) is 9.97 Å². The van der Waals surface area contributed by atoms with E-state index in [0.717, 1.165) is 88.6 Å². The summed E-state index contributed by atoms with van der Waals surface area (Å²) in [4.78, 5) is 10.3. The fraction of sp³-hybridized carbons (Fsp3) is 0. The Bertz CT molecular complexity index is 2850. The van der Waals surface area contributed by atoms with E-state index >= 15 is 0 Å². The van der Waals surface area contributed by atoms with Crippen LogP contribution in [0.2, 0.25) is 0 Å². The molecule has 0 fully saturated rings. The van der Waals surface area contributed by atoms with Gasteiger partial charge < -0.3 is 8.83 Å². The van der Waals surface area contributed by atoms with Gasteiger partial charge in [0.05, 0.1) is 11.4 Å². The monoisotopic (exact) mass is 640 g/mol. The number of hydrogen-bond donors (Lipinski definition) is 0. The Hall–Kier alpha value is -6.78. The molecule has 0 bridgehead atoms. The number of rotatable bonds is 5. The highest BCUT2D eigenvalue weighted by Crippen LogP contribution is 2.43. The summed E-state index contributed by atoms with van der Waals surface area (Å²) >= 11 is 0. The van der Waals surface area contributed by atoms with Crippen molar-refractivity contribution in [2.24, 2.45) is 0 Å². The molecule has 0 aliphatic carbocycles. The maximum absolute atomic E-state index is 6.71. The lowest BCUT2D eigenvalue weighted by Crippen LogP contribution is -1.96. The first kappa shape index (κ1) is 28.3. The number of furan rings is 2. The molecule has 0 unspecified atom stereocenters. The average molecular weight is 641 g/mol. The van der Waals surface area contributed by atoms with Crippen molar-refractivity contribution in [1.82, 2.24) is 9.97 Å². The van der Waals surface area contributed by atoms with Crippen LogP contribution in [0.15, 0.2) is 179 Å². The third-order valence-corrected chi connectivity index (χ3v) is 9.54. The number of nitrogens with zero attached hydrogens (tertiary/aromatic N) is 2. The van der Waals surface area contributed by atoms with Crippen molar-refractivity contribution >= 4 is 43.9 Å². The SMILES string of the molecule is c1ccc(-c2ccc(-c3cc(-c4ccc(-c5ccc6c(c5)oc5ccccc56)c5c4oc4ccccc45)nc(-c4ccccc4)n3)cc2)cc1. The summed E-state index contributed by atoms with van der Waals surface area (Å²) in [6, 6.07) is 58.4. The number of fused-ring (bicyclic) bond motifs is 6. The van der Waals surface area contributed by atoms with Crippen molar-refractivity contribution in [2.75, 3.05) is 0 Å². The third kappa shape index (κ3) is 4.69. The maximum Gasteiger partial charge on any atom is 0.160 e. The van der Waals surface area contributed by atoms with Crippen LogP contribution in [0.3, 0.4) is 0 Å². The van der Waals surface area contributed by atoms with Gasteiger partial charge in [-0.25, -0.2) is 9.97 Å². The first-order chi connectivity index (χ1) is 24.8. The normalized spacial score (nSPS) is 11.6. The van der Waals surface area contributed by atoms with Gasteiger partial charge in [-0.05, 0) is 58.7 Å². The van der Waals surface area contributed by atoms with E-state index in [1.807, 2.05) is 54.6 Å². The topological polar surface area (TPSA) is 52.1 Å². The molecule has 0 saturated heterocycles. The number of para-hydroxylation sites is 2. The fourth-order valence-corrected chi connectivity index (χ4v) is 7.08. The average Bonchev–Trinajstić information content (AvgIpc) is 3.77. The highest BCUT2D eigenvalue weighted by molar-refractivity contribution is 6.17. The van der Waals surface area contributed by atoms with E-state index in [1.165, 1.54) is 5.56 Å². The summed E-state index contributed by atoms with van der Waals surface area (Å²) in [6.45, 7) is 0. The minimum atomic E-state index is 0.661. The molecular weight excluding hydrogens is 613 g/mol. The molecule has 0 saturated carbocycles. The number of benzene rings is 7. The molecule has 4 nitrogen and oxygen atoms in total. The first-order valence-corrected chi connectivity index (χ1v) is 16.7. The Morgan fingerprint density at radius 1 is 0.340 bits per heavy atom. The molecule has 0 aliphatic rings. The minimum absolute atomic E-state index is 0.661. The predicted molar refractivity (Wildman–Crippen MR) is 204 cm³/mol. The van der Waals surface area contributed by atoms with Crippen LogP contribution in [0, 0.1) is 0 Å². The maximum atomic E-state index is 6.71. The lowest BCUT2D eigenvalue weighted by Gasteiger charge is -2.12. The lowest BCUT2D eigenvalue weighted by molar-refractivity contribution is 0.668. The van der Waals surface area contributed by atoms with Crippen LogP contribution in [0.1, 0.15) is 0 Å². The van der Waals surface area contributed by atoms with Crippen LogP contribution in [0.5, 0.6) is 0 Å². The van der Waals surface area contributed by atoms with Crippen LogP contribution in [0.4, 0.5) is 0 Å². The predicted octanol–water partition coefficient (Wildman–Crippen LogP) is 12.6. The molecular formula is C46H28N2O2. The van der Waals surface area contributed by atoms with E-state index in [-0.39, 0.29) is 0 Å². The van der Waals surface area contributed by atoms with Gasteiger partial charge in [-0.1, -0.05) is 133 Å². The van der Waals surface area contributed by atoms with Crippen molar-refractivity contribution in [2.45, 2.75) is 0 Å². The standard InChI is InChI=1S/C46H28N2O2/c1-3-11-29(12-4-1)30-19-21-31(22-20-30)39-28-40(48-46(47-39)32-13-5-2-6-14-32)37-26-25-34(44-38-16-8-10-18-42(38)50-45(37)44)33-23-24-36-35-15-7-9-17-41(35)49-43(36)27-33/h1-28H. The van der Waals surface area contributed by atoms with Crippen LogP contribution >= 0.6 is 0 Å². The Balaban J connectivity index is 1.17. The van der Waals surface area contributed by atoms with E-state index in [9.17, 15) is 0 Å². The molecule has 10 aromatic rings. The summed E-state index contributed by atoms with van der Waals surface area (Å²) in [5.41, 5.74) is 12.4. The van der Waals surface area contributed by atoms with Crippen molar-refractivity contribution < 1.29 is 8.83 Å². The van der Waals surface area contributed by atoms with Crippen molar-refractivity contribution in [3.05, 3.63) is 170 Å². The Morgan fingerprint density at radius 2 is 0.900 bits per heavy atom. The third-order valence-electron chi connectivity index (χ3n) is 9.54. The van der Waals surface area contributed by atoms with Crippen LogP contribution < -0.4 is 0 Å². The minimum Gasteiger partial charge on any atom is -0.456 e. The van der Waals surface area contributed by atoms with Gasteiger partial charge in [-0.2, -0.15) is 0 Å². The smallest absolute Gasteiger partial charge is 0.160 e. The summed E-state index contributed by atoms with van der Waals surface area (Å²) in [6.07, 6.45) is 0. The fourth-order valence-electron chi connectivity index (χ4n) is 7.08. The van der Waals surface area contributed by atoms with Crippen molar-refractivity contribution in [3.63, 3.8) is 0 Å². The zero-order valence-electron chi connectivity index (χ0n) is 26.9. The van der Waals surface area contributed by atoms with Crippen molar-refractivity contribution in [3.8, 4) is 56.2 Å². The Labute approximate surface area is 287 Å². The van der Waals surface area contributed by atoms with Gasteiger partial charge in [-0.15, -0.1) is 0 Å². The zero-order chi connectivity index (χ0) is 33.0. The Morgan fingerprint density at radius 3 is 1.68 bits per heavy atom. The Kier molecular flexibility index (Phi) is 6.46. The second-order valence-corrected chi connectivity index (χ2v) is 12.5. The first-order valence-electron chi connectivity index (χ1n) is 16.7. The largest absolute Gasteiger partial charge is 0.456 e. The lowest BCUT2D eigenvalue weighted by atomic mass is 9.95. The van der Waals surface area contributed by atoms with E-state index in [0.29, 0.717) is 5.82 Å². The molecule has 234 valence electrons. The quantitative estimate of drug-likeness (QED) is 0.188. The van der Waals surface area contributed by atoms with Crippen molar-refractivity contribution in [1.29, 1.82) is 0 Å². The molecule has 3 aromatic heterocycles. The van der Waals surface area contributed by atoms with Gasteiger partial charge in [0, 0.05) is 38.2 Å². The molecule has 7 aromatic carbocycles. The van der Waals surface area contributed by atoms with E-state index < -0.39 is 0 Å². The summed E-state index contributed by atoms with van der Waals surface area (Å²) in [7, 11) is 0. The molecule has 50 heavy (non-hydrogen) atoms. The highest BCUT2D eigenvalue weighted by atomic mass is 16.3. The molecule has 0 atom stereocenters. The molecule has 0 radical (unpaired) electrons. The molecule has 4 heteroatoms.